The zero-order valence-electron chi connectivity index (χ0n) is 18.8. The molecule has 1 amide bonds. The molecule has 0 radical (unpaired) electrons. The van der Waals surface area contributed by atoms with Crippen molar-refractivity contribution >= 4 is 11.6 Å². The van der Waals surface area contributed by atoms with Crippen LogP contribution >= 0.6 is 0 Å². The first-order valence-electron chi connectivity index (χ1n) is 11.7. The number of nitrogens with zero attached hydrogens (tertiary/aromatic N) is 4. The number of para-hydroxylation sites is 1. The molecule has 0 unspecified atom stereocenters. The molecule has 172 valence electrons. The number of rotatable bonds is 3. The minimum absolute atomic E-state index is 0.129. The van der Waals surface area contributed by atoms with Gasteiger partial charge in [0.25, 0.3) is 11.5 Å². The van der Waals surface area contributed by atoms with Crippen LogP contribution in [-0.2, 0) is 11.8 Å². The van der Waals surface area contributed by atoms with E-state index >= 15 is 0 Å². The standard InChI is InChI=1S/C24H28N6O3/c1-13-19(23(33)30(29(13)2)18-6-4-3-5-7-18)27-28-20-21(31)25-24(26-22(20)32)16-9-14-8-15(11-16)12-17(24)10-14/h3-7,14-17,25,31H,8-12H2,1-2H3,(H,26,32)/b28-27+. The molecule has 2 heterocycles. The summed E-state index contributed by atoms with van der Waals surface area (Å²) in [5, 5.41) is 25.3. The predicted molar refractivity (Wildman–Crippen MR) is 121 cm³/mol. The van der Waals surface area contributed by atoms with Crippen LogP contribution in [0.4, 0.5) is 5.69 Å². The Morgan fingerprint density at radius 1 is 0.970 bits per heavy atom. The molecule has 7 rings (SSSR count). The van der Waals surface area contributed by atoms with Crippen LogP contribution in [0.25, 0.3) is 5.69 Å². The lowest BCUT2D eigenvalue weighted by atomic mass is 9.51. The van der Waals surface area contributed by atoms with Gasteiger partial charge in [0.2, 0.25) is 11.6 Å². The molecule has 1 spiro atoms. The van der Waals surface area contributed by atoms with Gasteiger partial charge < -0.3 is 15.7 Å². The lowest BCUT2D eigenvalue weighted by Gasteiger charge is -2.62. The van der Waals surface area contributed by atoms with E-state index in [0.29, 0.717) is 23.2 Å². The van der Waals surface area contributed by atoms with Crippen LogP contribution in [-0.4, -0.2) is 26.0 Å². The summed E-state index contributed by atoms with van der Waals surface area (Å²) >= 11 is 0. The summed E-state index contributed by atoms with van der Waals surface area (Å²) in [5.74, 6) is 1.39. The van der Waals surface area contributed by atoms with E-state index in [-0.39, 0.29) is 22.8 Å². The molecule has 3 N–H and O–H groups in total. The Kier molecular flexibility index (Phi) is 4.34. The minimum atomic E-state index is -0.601. The highest BCUT2D eigenvalue weighted by Gasteiger charge is 2.60. The highest BCUT2D eigenvalue weighted by atomic mass is 16.3. The molecule has 9 heteroatoms. The average molecular weight is 449 g/mol. The van der Waals surface area contributed by atoms with Gasteiger partial charge in [0.15, 0.2) is 5.69 Å². The predicted octanol–water partition coefficient (Wildman–Crippen LogP) is 3.17. The van der Waals surface area contributed by atoms with Gasteiger partial charge in [-0.3, -0.25) is 14.3 Å². The second-order valence-electron chi connectivity index (χ2n) is 10.1. The minimum Gasteiger partial charge on any atom is -0.493 e. The summed E-state index contributed by atoms with van der Waals surface area (Å²) < 4.78 is 3.20. The Labute approximate surface area is 191 Å². The second-order valence-corrected chi connectivity index (χ2v) is 10.1. The monoisotopic (exact) mass is 448 g/mol. The van der Waals surface area contributed by atoms with Crippen molar-refractivity contribution < 1.29 is 9.90 Å². The molecule has 0 saturated heterocycles. The quantitative estimate of drug-likeness (QED) is 0.626. The topological polar surface area (TPSA) is 113 Å². The van der Waals surface area contributed by atoms with Gasteiger partial charge in [-0.05, 0) is 63.0 Å². The van der Waals surface area contributed by atoms with E-state index in [4.69, 9.17) is 0 Å². The van der Waals surface area contributed by atoms with E-state index in [1.54, 1.807) is 18.7 Å². The van der Waals surface area contributed by atoms with Crippen molar-refractivity contribution in [2.45, 2.75) is 44.7 Å². The number of benzene rings is 1. The summed E-state index contributed by atoms with van der Waals surface area (Å²) in [7, 11) is 1.77. The first kappa shape index (κ1) is 20.3. The second kappa shape index (κ2) is 7.07. The molecule has 4 bridgehead atoms. The number of nitrogens with one attached hydrogen (secondary N) is 2. The first-order valence-corrected chi connectivity index (χ1v) is 11.7. The molecular weight excluding hydrogens is 420 g/mol. The fourth-order valence-corrected chi connectivity index (χ4v) is 6.84. The van der Waals surface area contributed by atoms with Gasteiger partial charge in [0.1, 0.15) is 5.66 Å². The molecule has 4 fully saturated rings. The molecule has 4 aliphatic carbocycles. The summed E-state index contributed by atoms with van der Waals surface area (Å²) in [6.07, 6.45) is 5.61. The highest BCUT2D eigenvalue weighted by molar-refractivity contribution is 5.95. The fraction of sp³-hybridized carbons (Fsp3) is 0.500. The maximum absolute atomic E-state index is 13.1. The maximum Gasteiger partial charge on any atom is 0.299 e. The molecule has 4 saturated carbocycles. The number of hydrogen-bond donors (Lipinski definition) is 3. The summed E-state index contributed by atoms with van der Waals surface area (Å²) in [6.45, 7) is 1.77. The first-order chi connectivity index (χ1) is 15.9. The van der Waals surface area contributed by atoms with Gasteiger partial charge in [-0.25, -0.2) is 4.68 Å². The van der Waals surface area contributed by atoms with Crippen molar-refractivity contribution in [1.82, 2.24) is 20.0 Å². The van der Waals surface area contributed by atoms with Crippen molar-refractivity contribution in [3.05, 3.63) is 58.0 Å². The van der Waals surface area contributed by atoms with Crippen molar-refractivity contribution in [1.29, 1.82) is 0 Å². The van der Waals surface area contributed by atoms with Crippen molar-refractivity contribution in [3.8, 4) is 5.69 Å². The van der Waals surface area contributed by atoms with Crippen molar-refractivity contribution in [2.75, 3.05) is 0 Å². The largest absolute Gasteiger partial charge is 0.493 e. The molecule has 1 aromatic heterocycles. The molecule has 1 aliphatic heterocycles. The van der Waals surface area contributed by atoms with Crippen molar-refractivity contribution in [3.63, 3.8) is 0 Å². The molecule has 2 aromatic rings. The molecular formula is C24H28N6O3. The Balaban J connectivity index is 1.32. The molecule has 33 heavy (non-hydrogen) atoms. The van der Waals surface area contributed by atoms with Gasteiger partial charge in [0.05, 0.1) is 11.4 Å². The molecule has 5 aliphatic rings. The lowest BCUT2D eigenvalue weighted by molar-refractivity contribution is -0.135. The maximum atomic E-state index is 13.1. The number of carbonyl (C=O) groups excluding carboxylic acids is 1. The van der Waals surface area contributed by atoms with Gasteiger partial charge >= 0.3 is 0 Å². The van der Waals surface area contributed by atoms with Crippen LogP contribution in [0.1, 0.15) is 37.8 Å². The number of azo groups is 1. The third-order valence-corrected chi connectivity index (χ3v) is 8.28. The molecule has 0 atom stereocenters. The van der Waals surface area contributed by atoms with Gasteiger partial charge in [-0.2, -0.15) is 0 Å². The van der Waals surface area contributed by atoms with Crippen LogP contribution in [0.2, 0.25) is 0 Å². The summed E-state index contributed by atoms with van der Waals surface area (Å²) in [4.78, 5) is 26.1. The number of amides is 1. The number of aromatic nitrogens is 2. The Morgan fingerprint density at radius 3 is 2.21 bits per heavy atom. The number of aliphatic hydroxyl groups excluding tert-OH is 1. The Morgan fingerprint density at radius 2 is 1.61 bits per heavy atom. The van der Waals surface area contributed by atoms with Crippen LogP contribution in [0.3, 0.4) is 0 Å². The van der Waals surface area contributed by atoms with E-state index in [1.807, 2.05) is 30.3 Å². The van der Waals surface area contributed by atoms with Gasteiger partial charge in [-0.1, -0.05) is 18.2 Å². The average Bonchev–Trinajstić information content (AvgIpc) is 3.00. The number of carbonyl (C=O) groups is 1. The Hall–Kier alpha value is -3.36. The number of aliphatic hydroxyl groups is 1. The molecule has 9 nitrogen and oxygen atoms in total. The normalized spacial score (nSPS) is 32.6. The highest BCUT2D eigenvalue weighted by Crippen LogP contribution is 2.58. The third kappa shape index (κ3) is 2.91. The van der Waals surface area contributed by atoms with Crippen molar-refractivity contribution in [2.24, 2.45) is 40.9 Å². The summed E-state index contributed by atoms with van der Waals surface area (Å²) in [5.41, 5.74) is 0.308. The van der Waals surface area contributed by atoms with E-state index in [9.17, 15) is 14.7 Å². The smallest absolute Gasteiger partial charge is 0.299 e. The van der Waals surface area contributed by atoms with Crippen LogP contribution < -0.4 is 16.2 Å². The summed E-state index contributed by atoms with van der Waals surface area (Å²) in [6, 6.07) is 9.25. The van der Waals surface area contributed by atoms with Crippen LogP contribution in [0.5, 0.6) is 0 Å². The van der Waals surface area contributed by atoms with Gasteiger partial charge in [0, 0.05) is 18.9 Å². The van der Waals surface area contributed by atoms with Gasteiger partial charge in [-0.15, -0.1) is 10.2 Å². The fourth-order valence-electron chi connectivity index (χ4n) is 6.84. The Bertz CT molecular complexity index is 1230. The van der Waals surface area contributed by atoms with E-state index in [2.05, 4.69) is 20.9 Å². The third-order valence-electron chi connectivity index (χ3n) is 8.28. The van der Waals surface area contributed by atoms with Crippen LogP contribution in [0, 0.1) is 30.6 Å². The zero-order chi connectivity index (χ0) is 22.9. The van der Waals surface area contributed by atoms with E-state index < -0.39 is 11.6 Å². The zero-order valence-corrected chi connectivity index (χ0v) is 18.8. The van der Waals surface area contributed by atoms with E-state index in [1.165, 1.54) is 11.1 Å². The van der Waals surface area contributed by atoms with Crippen LogP contribution in [0.15, 0.2) is 56.9 Å². The molecule has 1 aromatic carbocycles. The lowest BCUT2D eigenvalue weighted by Crippen LogP contribution is -2.74. The number of hydrogen-bond acceptors (Lipinski definition) is 6. The SMILES string of the molecule is Cc1c(/N=N/C2=C(O)NC3(NC2=O)C2CC4CC(C2)CC3C4)c(=O)n(-c2ccccc2)n1C. The van der Waals surface area contributed by atoms with E-state index in [0.717, 1.165) is 37.5 Å².